The molecule has 0 aliphatic rings. The highest BCUT2D eigenvalue weighted by Crippen LogP contribution is 2.27. The largest absolute Gasteiger partial charge is 0.313 e. The van der Waals surface area contributed by atoms with Gasteiger partial charge < -0.3 is 4.98 Å². The van der Waals surface area contributed by atoms with E-state index in [1.165, 1.54) is 13.3 Å². The molecule has 0 aliphatic heterocycles. The number of alkyl halides is 1. The Hall–Kier alpha value is -1.19. The van der Waals surface area contributed by atoms with Gasteiger partial charge >= 0.3 is 0 Å². The highest BCUT2D eigenvalue weighted by atomic mass is 19.1. The van der Waals surface area contributed by atoms with E-state index in [1.807, 2.05) is 0 Å². The van der Waals surface area contributed by atoms with Gasteiger partial charge in [-0.1, -0.05) is 6.92 Å². The van der Waals surface area contributed by atoms with Crippen LogP contribution in [-0.2, 0) is 5.67 Å². The number of aromatic amines is 1. The third-order valence-corrected chi connectivity index (χ3v) is 2.24. The molecule has 1 aromatic heterocycles. The van der Waals surface area contributed by atoms with E-state index >= 15 is 0 Å². The van der Waals surface area contributed by atoms with Gasteiger partial charge in [0.05, 0.1) is 12.0 Å². The van der Waals surface area contributed by atoms with Crippen molar-refractivity contribution in [2.75, 3.05) is 0 Å². The van der Waals surface area contributed by atoms with Gasteiger partial charge in [0.15, 0.2) is 0 Å². The van der Waals surface area contributed by atoms with Crippen LogP contribution in [0.1, 0.15) is 31.5 Å². The summed E-state index contributed by atoms with van der Waals surface area (Å²) < 4.78 is 13.8. The predicted molar refractivity (Wildman–Crippen MR) is 48.3 cm³/mol. The number of nitrogens with one attached hydrogen (secondary N) is 1. The van der Waals surface area contributed by atoms with Crippen molar-refractivity contribution < 1.29 is 4.39 Å². The predicted octanol–water partition coefficient (Wildman–Crippen LogP) is 1.67. The van der Waals surface area contributed by atoms with Crippen LogP contribution in [0.2, 0.25) is 0 Å². The van der Waals surface area contributed by atoms with E-state index in [9.17, 15) is 9.18 Å². The Morgan fingerprint density at radius 1 is 1.69 bits per heavy atom. The lowest BCUT2D eigenvalue weighted by atomic mass is 9.98. The molecule has 0 fully saturated rings. The number of nitrogens with zero attached hydrogens (tertiary/aromatic N) is 1. The van der Waals surface area contributed by atoms with E-state index in [4.69, 9.17) is 0 Å². The van der Waals surface area contributed by atoms with E-state index in [0.717, 1.165) is 0 Å². The molecule has 0 aromatic carbocycles. The molecule has 0 amide bonds. The van der Waals surface area contributed by atoms with Crippen LogP contribution in [0.15, 0.2) is 11.1 Å². The SMILES string of the molecule is CCC(C)(F)c1nc[nH]c(=O)c1C. The molecule has 0 bridgehead atoms. The maximum absolute atomic E-state index is 13.8. The van der Waals surface area contributed by atoms with Crippen molar-refractivity contribution >= 4 is 0 Å². The Morgan fingerprint density at radius 3 is 2.85 bits per heavy atom. The zero-order valence-corrected chi connectivity index (χ0v) is 8.02. The monoisotopic (exact) mass is 184 g/mol. The number of halogens is 1. The second-order valence-corrected chi connectivity index (χ2v) is 3.26. The number of hydrogen-bond donors (Lipinski definition) is 1. The fourth-order valence-electron chi connectivity index (χ4n) is 1.16. The first-order valence-corrected chi connectivity index (χ1v) is 4.22. The van der Waals surface area contributed by atoms with Gasteiger partial charge in [-0.2, -0.15) is 0 Å². The first-order chi connectivity index (χ1) is 5.99. The van der Waals surface area contributed by atoms with Crippen molar-refractivity contribution in [1.29, 1.82) is 0 Å². The van der Waals surface area contributed by atoms with Gasteiger partial charge in [-0.15, -0.1) is 0 Å². The van der Waals surface area contributed by atoms with Crippen molar-refractivity contribution in [3.63, 3.8) is 0 Å². The lowest BCUT2D eigenvalue weighted by molar-refractivity contribution is 0.177. The summed E-state index contributed by atoms with van der Waals surface area (Å²) in [6.45, 7) is 4.73. The fourth-order valence-corrected chi connectivity index (χ4v) is 1.16. The van der Waals surface area contributed by atoms with Gasteiger partial charge in [-0.05, 0) is 20.3 Å². The first-order valence-electron chi connectivity index (χ1n) is 4.22. The Labute approximate surface area is 76.0 Å². The molecule has 0 spiro atoms. The smallest absolute Gasteiger partial charge is 0.253 e. The van der Waals surface area contributed by atoms with Crippen LogP contribution < -0.4 is 5.56 Å². The average Bonchev–Trinajstić information content (AvgIpc) is 2.09. The highest BCUT2D eigenvalue weighted by Gasteiger charge is 2.27. The Kier molecular flexibility index (Phi) is 2.50. The molecule has 1 rings (SSSR count). The molecule has 1 atom stereocenters. The van der Waals surface area contributed by atoms with Crippen LogP contribution in [0.5, 0.6) is 0 Å². The molecule has 1 unspecified atom stereocenters. The molecule has 1 N–H and O–H groups in total. The van der Waals surface area contributed by atoms with E-state index in [2.05, 4.69) is 9.97 Å². The normalized spacial score (nSPS) is 15.4. The van der Waals surface area contributed by atoms with E-state index in [0.29, 0.717) is 12.0 Å². The van der Waals surface area contributed by atoms with Crippen LogP contribution in [0.25, 0.3) is 0 Å². The van der Waals surface area contributed by atoms with E-state index in [-0.39, 0.29) is 11.3 Å². The average molecular weight is 184 g/mol. The second-order valence-electron chi connectivity index (χ2n) is 3.26. The van der Waals surface area contributed by atoms with Crippen LogP contribution in [0.4, 0.5) is 4.39 Å². The molecule has 72 valence electrons. The van der Waals surface area contributed by atoms with Crippen LogP contribution in [0.3, 0.4) is 0 Å². The topological polar surface area (TPSA) is 45.8 Å². The number of hydrogen-bond acceptors (Lipinski definition) is 2. The molecule has 1 heterocycles. The van der Waals surface area contributed by atoms with Crippen molar-refractivity contribution in [3.05, 3.63) is 27.9 Å². The summed E-state index contributed by atoms with van der Waals surface area (Å²) >= 11 is 0. The Morgan fingerprint density at radius 2 is 2.31 bits per heavy atom. The molecule has 0 aliphatic carbocycles. The summed E-state index contributed by atoms with van der Waals surface area (Å²) in [6.07, 6.45) is 1.54. The summed E-state index contributed by atoms with van der Waals surface area (Å²) in [7, 11) is 0. The number of aromatic nitrogens is 2. The molecule has 4 heteroatoms. The third kappa shape index (κ3) is 1.76. The van der Waals surface area contributed by atoms with Crippen LogP contribution in [0, 0.1) is 6.92 Å². The van der Waals surface area contributed by atoms with Gasteiger partial charge in [0, 0.05) is 5.56 Å². The highest BCUT2D eigenvalue weighted by molar-refractivity contribution is 5.20. The van der Waals surface area contributed by atoms with Crippen LogP contribution >= 0.6 is 0 Å². The summed E-state index contributed by atoms with van der Waals surface area (Å²) in [6, 6.07) is 0. The van der Waals surface area contributed by atoms with Gasteiger partial charge in [-0.25, -0.2) is 9.37 Å². The minimum absolute atomic E-state index is 0.235. The van der Waals surface area contributed by atoms with E-state index < -0.39 is 5.67 Å². The third-order valence-electron chi connectivity index (χ3n) is 2.24. The second kappa shape index (κ2) is 3.28. The minimum atomic E-state index is -1.52. The summed E-state index contributed by atoms with van der Waals surface area (Å²) in [4.78, 5) is 17.4. The molecule has 3 nitrogen and oxygen atoms in total. The standard InChI is InChI=1S/C9H13FN2O/c1-4-9(3,10)7-6(2)8(13)12-5-11-7/h5H,4H2,1-3H3,(H,11,12,13). The first kappa shape index (κ1) is 9.89. The zero-order chi connectivity index (χ0) is 10.1. The Balaban J connectivity index is 3.31. The molecule has 0 radical (unpaired) electrons. The van der Waals surface area contributed by atoms with Crippen LogP contribution in [-0.4, -0.2) is 9.97 Å². The number of rotatable bonds is 2. The van der Waals surface area contributed by atoms with Gasteiger partial charge in [0.1, 0.15) is 5.67 Å². The van der Waals surface area contributed by atoms with Crippen molar-refractivity contribution in [2.24, 2.45) is 0 Å². The lowest BCUT2D eigenvalue weighted by Gasteiger charge is -2.18. The Bertz CT molecular complexity index is 357. The van der Waals surface area contributed by atoms with Crippen molar-refractivity contribution in [2.45, 2.75) is 32.9 Å². The number of H-pyrrole nitrogens is 1. The lowest BCUT2D eigenvalue weighted by Crippen LogP contribution is -2.23. The van der Waals surface area contributed by atoms with Gasteiger partial charge in [-0.3, -0.25) is 4.79 Å². The minimum Gasteiger partial charge on any atom is -0.313 e. The van der Waals surface area contributed by atoms with Crippen molar-refractivity contribution in [1.82, 2.24) is 9.97 Å². The molecular weight excluding hydrogens is 171 g/mol. The maximum Gasteiger partial charge on any atom is 0.253 e. The molecule has 0 saturated carbocycles. The summed E-state index contributed by atoms with van der Waals surface area (Å²) in [5, 5.41) is 0. The fraction of sp³-hybridized carbons (Fsp3) is 0.556. The van der Waals surface area contributed by atoms with Crippen molar-refractivity contribution in [3.8, 4) is 0 Å². The van der Waals surface area contributed by atoms with E-state index in [1.54, 1.807) is 13.8 Å². The quantitative estimate of drug-likeness (QED) is 0.760. The maximum atomic E-state index is 13.8. The van der Waals surface area contributed by atoms with Gasteiger partial charge in [0.2, 0.25) is 0 Å². The van der Waals surface area contributed by atoms with Gasteiger partial charge in [0.25, 0.3) is 5.56 Å². The molecular formula is C9H13FN2O. The molecule has 0 saturated heterocycles. The molecule has 1 aromatic rings. The zero-order valence-electron chi connectivity index (χ0n) is 8.02. The summed E-state index contributed by atoms with van der Waals surface area (Å²) in [5.74, 6) is 0. The molecule has 13 heavy (non-hydrogen) atoms. The summed E-state index contributed by atoms with van der Waals surface area (Å²) in [5.41, 5.74) is -1.20.